The highest BCUT2D eigenvalue weighted by atomic mass is 16.5. The number of nitrogens with one attached hydrogen (secondary N) is 2. The van der Waals surface area contributed by atoms with Crippen molar-refractivity contribution in [2.24, 2.45) is 5.92 Å². The Balaban J connectivity index is 1.37. The standard InChI is InChI=1S/C29H31N3O5/c1-3-36-23-13-9-20(10-14-23)18-30-29(35)25-7-5-6-8-26(25)31-28(34)21-17-27(33)32(19-21)22-11-15-24(16-12-22)37-4-2/h5-16,21H,3-4,17-19H2,1-2H3,(H,30,35)(H,31,34)/t21-/m1/s1. The van der Waals surface area contributed by atoms with Crippen molar-refractivity contribution in [2.45, 2.75) is 26.8 Å². The first-order valence-electron chi connectivity index (χ1n) is 12.4. The summed E-state index contributed by atoms with van der Waals surface area (Å²) in [5.41, 5.74) is 2.41. The van der Waals surface area contributed by atoms with Crippen LogP contribution in [0, 0.1) is 5.92 Å². The van der Waals surface area contributed by atoms with Crippen molar-refractivity contribution in [1.82, 2.24) is 5.32 Å². The molecular formula is C29H31N3O5. The molecule has 1 heterocycles. The lowest BCUT2D eigenvalue weighted by Crippen LogP contribution is -2.29. The number of carbonyl (C=O) groups is 3. The molecule has 192 valence electrons. The highest BCUT2D eigenvalue weighted by molar-refractivity contribution is 6.07. The largest absolute Gasteiger partial charge is 0.494 e. The highest BCUT2D eigenvalue weighted by Gasteiger charge is 2.35. The van der Waals surface area contributed by atoms with Crippen LogP contribution in [0.15, 0.2) is 72.8 Å². The van der Waals surface area contributed by atoms with Crippen LogP contribution >= 0.6 is 0 Å². The number of hydrogen-bond donors (Lipinski definition) is 2. The number of amides is 3. The Morgan fingerprint density at radius 1 is 0.892 bits per heavy atom. The minimum absolute atomic E-state index is 0.102. The van der Waals surface area contributed by atoms with Gasteiger partial charge in [0.15, 0.2) is 0 Å². The van der Waals surface area contributed by atoms with E-state index in [1.54, 1.807) is 29.2 Å². The van der Waals surface area contributed by atoms with Gasteiger partial charge in [-0.2, -0.15) is 0 Å². The normalized spacial score (nSPS) is 14.8. The van der Waals surface area contributed by atoms with E-state index >= 15 is 0 Å². The predicted octanol–water partition coefficient (Wildman–Crippen LogP) is 4.41. The number of benzene rings is 3. The molecule has 1 aliphatic heterocycles. The van der Waals surface area contributed by atoms with E-state index in [9.17, 15) is 14.4 Å². The van der Waals surface area contributed by atoms with E-state index in [-0.39, 0.29) is 30.7 Å². The zero-order chi connectivity index (χ0) is 26.2. The van der Waals surface area contributed by atoms with Gasteiger partial charge in [-0.05, 0) is 67.9 Å². The van der Waals surface area contributed by atoms with E-state index in [1.807, 2.05) is 62.4 Å². The zero-order valence-electron chi connectivity index (χ0n) is 21.0. The van der Waals surface area contributed by atoms with Crippen molar-refractivity contribution in [3.05, 3.63) is 83.9 Å². The van der Waals surface area contributed by atoms with Gasteiger partial charge in [0.25, 0.3) is 5.91 Å². The number of carbonyl (C=O) groups excluding carboxylic acids is 3. The molecule has 0 radical (unpaired) electrons. The Hall–Kier alpha value is -4.33. The lowest BCUT2D eigenvalue weighted by atomic mass is 10.1. The van der Waals surface area contributed by atoms with Crippen molar-refractivity contribution in [2.75, 3.05) is 30.0 Å². The van der Waals surface area contributed by atoms with Crippen LogP contribution in [0.5, 0.6) is 11.5 Å². The van der Waals surface area contributed by atoms with Crippen LogP contribution in [-0.4, -0.2) is 37.5 Å². The highest BCUT2D eigenvalue weighted by Crippen LogP contribution is 2.28. The fraction of sp³-hybridized carbons (Fsp3) is 0.276. The maximum absolute atomic E-state index is 13.1. The van der Waals surface area contributed by atoms with Crippen molar-refractivity contribution >= 4 is 29.1 Å². The van der Waals surface area contributed by atoms with Gasteiger partial charge in [0.1, 0.15) is 11.5 Å². The van der Waals surface area contributed by atoms with E-state index in [1.165, 1.54) is 0 Å². The summed E-state index contributed by atoms with van der Waals surface area (Å²) in [6.07, 6.45) is 0.102. The summed E-state index contributed by atoms with van der Waals surface area (Å²) in [6, 6.07) is 21.6. The average Bonchev–Trinajstić information content (AvgIpc) is 3.31. The molecule has 2 N–H and O–H groups in total. The maximum Gasteiger partial charge on any atom is 0.253 e. The van der Waals surface area contributed by atoms with Crippen molar-refractivity contribution in [3.63, 3.8) is 0 Å². The molecule has 1 fully saturated rings. The van der Waals surface area contributed by atoms with E-state index in [4.69, 9.17) is 9.47 Å². The topological polar surface area (TPSA) is 97.0 Å². The smallest absolute Gasteiger partial charge is 0.253 e. The second-order valence-corrected chi connectivity index (χ2v) is 8.63. The Labute approximate surface area is 216 Å². The summed E-state index contributed by atoms with van der Waals surface area (Å²) < 4.78 is 10.9. The van der Waals surface area contributed by atoms with E-state index in [0.717, 1.165) is 22.7 Å². The quantitative estimate of drug-likeness (QED) is 0.429. The van der Waals surface area contributed by atoms with Crippen molar-refractivity contribution in [1.29, 1.82) is 0 Å². The van der Waals surface area contributed by atoms with Gasteiger partial charge in [0, 0.05) is 25.2 Å². The third kappa shape index (κ3) is 6.46. The van der Waals surface area contributed by atoms with E-state index < -0.39 is 5.92 Å². The molecule has 0 unspecified atom stereocenters. The van der Waals surface area contributed by atoms with Gasteiger partial charge in [-0.3, -0.25) is 14.4 Å². The number of nitrogens with zero attached hydrogens (tertiary/aromatic N) is 1. The van der Waals surface area contributed by atoms with Crippen LogP contribution in [0.2, 0.25) is 0 Å². The Kier molecular flexibility index (Phi) is 8.40. The third-order valence-corrected chi connectivity index (χ3v) is 6.07. The molecule has 1 saturated heterocycles. The second-order valence-electron chi connectivity index (χ2n) is 8.63. The van der Waals surface area contributed by atoms with Gasteiger partial charge in [-0.1, -0.05) is 24.3 Å². The van der Waals surface area contributed by atoms with Gasteiger partial charge in [0.05, 0.1) is 30.4 Å². The Morgan fingerprint density at radius 3 is 2.16 bits per heavy atom. The fourth-order valence-corrected chi connectivity index (χ4v) is 4.19. The van der Waals surface area contributed by atoms with Gasteiger partial charge in [-0.15, -0.1) is 0 Å². The number of anilines is 2. The molecule has 3 amide bonds. The minimum atomic E-state index is -0.529. The van der Waals surface area contributed by atoms with Crippen molar-refractivity contribution < 1.29 is 23.9 Å². The summed E-state index contributed by atoms with van der Waals surface area (Å²) in [4.78, 5) is 40.2. The van der Waals surface area contributed by atoms with Gasteiger partial charge >= 0.3 is 0 Å². The van der Waals surface area contributed by atoms with Crippen LogP contribution in [0.1, 0.15) is 36.2 Å². The molecule has 0 spiro atoms. The second kappa shape index (κ2) is 12.1. The van der Waals surface area contributed by atoms with Gasteiger partial charge in [-0.25, -0.2) is 0 Å². The molecule has 8 heteroatoms. The molecule has 0 bridgehead atoms. The molecule has 3 aromatic carbocycles. The molecule has 4 rings (SSSR count). The predicted molar refractivity (Wildman–Crippen MR) is 142 cm³/mol. The number of rotatable bonds is 10. The SMILES string of the molecule is CCOc1ccc(CNC(=O)c2ccccc2NC(=O)[C@@H]2CC(=O)N(c3ccc(OCC)cc3)C2)cc1. The fourth-order valence-electron chi connectivity index (χ4n) is 4.19. The van der Waals surface area contributed by atoms with Crippen LogP contribution < -0.4 is 25.0 Å². The number of hydrogen-bond acceptors (Lipinski definition) is 5. The number of para-hydroxylation sites is 1. The minimum Gasteiger partial charge on any atom is -0.494 e. The first-order chi connectivity index (χ1) is 18.0. The Bertz CT molecular complexity index is 1240. The molecule has 37 heavy (non-hydrogen) atoms. The molecule has 1 atom stereocenters. The number of ether oxygens (including phenoxy) is 2. The van der Waals surface area contributed by atoms with Gasteiger partial charge < -0.3 is 25.0 Å². The van der Waals surface area contributed by atoms with Crippen LogP contribution in [0.4, 0.5) is 11.4 Å². The summed E-state index contributed by atoms with van der Waals surface area (Å²) in [5, 5.41) is 5.75. The third-order valence-electron chi connectivity index (χ3n) is 6.07. The summed E-state index contributed by atoms with van der Waals surface area (Å²) >= 11 is 0. The van der Waals surface area contributed by atoms with Gasteiger partial charge in [0.2, 0.25) is 11.8 Å². The first kappa shape index (κ1) is 25.8. The summed E-state index contributed by atoms with van der Waals surface area (Å²) in [7, 11) is 0. The first-order valence-corrected chi connectivity index (χ1v) is 12.4. The van der Waals surface area contributed by atoms with Crippen LogP contribution in [-0.2, 0) is 16.1 Å². The lowest BCUT2D eigenvalue weighted by molar-refractivity contribution is -0.122. The Morgan fingerprint density at radius 2 is 1.51 bits per heavy atom. The van der Waals surface area contributed by atoms with Crippen LogP contribution in [0.3, 0.4) is 0 Å². The monoisotopic (exact) mass is 501 g/mol. The molecule has 3 aromatic rings. The van der Waals surface area contributed by atoms with E-state index in [0.29, 0.717) is 31.0 Å². The molecule has 0 saturated carbocycles. The van der Waals surface area contributed by atoms with E-state index in [2.05, 4.69) is 10.6 Å². The summed E-state index contributed by atoms with van der Waals surface area (Å²) in [6.45, 7) is 5.59. The zero-order valence-corrected chi connectivity index (χ0v) is 21.0. The van der Waals surface area contributed by atoms with Crippen LogP contribution in [0.25, 0.3) is 0 Å². The molecule has 0 aromatic heterocycles. The van der Waals surface area contributed by atoms with Crippen molar-refractivity contribution in [3.8, 4) is 11.5 Å². The molecule has 1 aliphatic rings. The summed E-state index contributed by atoms with van der Waals surface area (Å²) in [5.74, 6) is 0.253. The average molecular weight is 502 g/mol. The molecule has 8 nitrogen and oxygen atoms in total. The lowest BCUT2D eigenvalue weighted by Gasteiger charge is -2.17. The molecule has 0 aliphatic carbocycles. The maximum atomic E-state index is 13.1. The molecular weight excluding hydrogens is 470 g/mol.